The normalized spacial score (nSPS) is 11.3. The number of non-ortho nitro benzene ring substituents is 1. The Hall–Kier alpha value is -4.40. The first-order chi connectivity index (χ1) is 16.7. The van der Waals surface area contributed by atoms with Gasteiger partial charge in [0.1, 0.15) is 16.5 Å². The molecule has 0 saturated carbocycles. The number of hydrogen-bond acceptors (Lipinski definition) is 8. The zero-order valence-electron chi connectivity index (χ0n) is 18.0. The van der Waals surface area contributed by atoms with Gasteiger partial charge in [-0.05, 0) is 30.3 Å². The van der Waals surface area contributed by atoms with E-state index in [9.17, 15) is 28.6 Å². The average molecular weight is 514 g/mol. The fourth-order valence-corrected chi connectivity index (χ4v) is 4.01. The second-order valence-corrected chi connectivity index (χ2v) is 8.73. The molecule has 0 radical (unpaired) electrons. The van der Waals surface area contributed by atoms with Gasteiger partial charge in [-0.1, -0.05) is 41.9 Å². The van der Waals surface area contributed by atoms with Crippen molar-refractivity contribution in [2.45, 2.75) is 4.90 Å². The van der Waals surface area contributed by atoms with Crippen LogP contribution in [0.5, 0.6) is 11.5 Å². The molecule has 178 valence electrons. The van der Waals surface area contributed by atoms with E-state index in [0.717, 1.165) is 18.2 Å². The summed E-state index contributed by atoms with van der Waals surface area (Å²) >= 11 is 6.01. The van der Waals surface area contributed by atoms with E-state index in [1.54, 1.807) is 12.1 Å². The van der Waals surface area contributed by atoms with Crippen molar-refractivity contribution >= 4 is 45.1 Å². The molecule has 10 nitrogen and oxygen atoms in total. The minimum absolute atomic E-state index is 0.0144. The third-order valence-electron chi connectivity index (χ3n) is 4.53. The van der Waals surface area contributed by atoms with Crippen LogP contribution in [0.2, 0.25) is 5.02 Å². The number of carbonyl (C=O) groups is 1. The topological polar surface area (TPSA) is 149 Å². The monoisotopic (exact) mass is 513 g/mol. The summed E-state index contributed by atoms with van der Waals surface area (Å²) in [5, 5.41) is 22.9. The SMILES string of the molecule is COc1cccc(/C=C(\C#N)C(=O)Nc2cc([N+](=O)[O-])ccc2Cl)c1OS(=O)(=O)c1ccccc1. The van der Waals surface area contributed by atoms with Gasteiger partial charge in [0.05, 0.1) is 22.7 Å². The highest BCUT2D eigenvalue weighted by Crippen LogP contribution is 2.35. The minimum Gasteiger partial charge on any atom is -0.493 e. The van der Waals surface area contributed by atoms with Crippen LogP contribution >= 0.6 is 11.6 Å². The Kier molecular flexibility index (Phi) is 7.70. The number of halogens is 1. The summed E-state index contributed by atoms with van der Waals surface area (Å²) in [6.07, 6.45) is 1.10. The van der Waals surface area contributed by atoms with Crippen molar-refractivity contribution in [3.05, 3.63) is 93.0 Å². The van der Waals surface area contributed by atoms with E-state index in [1.165, 1.54) is 55.6 Å². The summed E-state index contributed by atoms with van der Waals surface area (Å²) in [5.41, 5.74) is -0.800. The minimum atomic E-state index is -4.27. The Morgan fingerprint density at radius 2 is 1.86 bits per heavy atom. The predicted molar refractivity (Wildman–Crippen MR) is 128 cm³/mol. The fraction of sp³-hybridized carbons (Fsp3) is 0.0435. The molecular weight excluding hydrogens is 498 g/mol. The number of anilines is 1. The lowest BCUT2D eigenvalue weighted by Gasteiger charge is -2.13. The van der Waals surface area contributed by atoms with Gasteiger partial charge in [-0.3, -0.25) is 14.9 Å². The zero-order valence-corrected chi connectivity index (χ0v) is 19.5. The number of rotatable bonds is 8. The Labute approximate surface area is 205 Å². The van der Waals surface area contributed by atoms with Crippen molar-refractivity contribution < 1.29 is 27.1 Å². The number of carbonyl (C=O) groups excluding carboxylic acids is 1. The Morgan fingerprint density at radius 1 is 1.14 bits per heavy atom. The molecule has 3 aromatic carbocycles. The van der Waals surface area contributed by atoms with Crippen LogP contribution in [-0.4, -0.2) is 26.4 Å². The Morgan fingerprint density at radius 3 is 2.49 bits per heavy atom. The first-order valence-electron chi connectivity index (χ1n) is 9.70. The molecule has 12 heteroatoms. The summed E-state index contributed by atoms with van der Waals surface area (Å²) in [7, 11) is -2.97. The lowest BCUT2D eigenvalue weighted by molar-refractivity contribution is -0.384. The number of hydrogen-bond donors (Lipinski definition) is 1. The summed E-state index contributed by atoms with van der Waals surface area (Å²) in [6, 6.07) is 16.9. The van der Waals surface area contributed by atoms with Gasteiger partial charge in [0.15, 0.2) is 11.5 Å². The number of nitro groups is 1. The van der Waals surface area contributed by atoms with Crippen LogP contribution < -0.4 is 14.2 Å². The maximum Gasteiger partial charge on any atom is 0.339 e. The second kappa shape index (κ2) is 10.7. The van der Waals surface area contributed by atoms with E-state index in [4.69, 9.17) is 20.5 Å². The maximum absolute atomic E-state index is 12.8. The molecule has 0 aromatic heterocycles. The van der Waals surface area contributed by atoms with Gasteiger partial charge in [-0.15, -0.1) is 0 Å². The van der Waals surface area contributed by atoms with E-state index in [0.29, 0.717) is 0 Å². The smallest absolute Gasteiger partial charge is 0.339 e. The Balaban J connectivity index is 2.00. The summed E-state index contributed by atoms with van der Waals surface area (Å²) < 4.78 is 36.0. The molecule has 0 atom stereocenters. The molecule has 1 amide bonds. The molecule has 3 aromatic rings. The van der Waals surface area contributed by atoms with Crippen LogP contribution in [0.1, 0.15) is 5.56 Å². The molecule has 0 spiro atoms. The number of nitriles is 1. The lowest BCUT2D eigenvalue weighted by atomic mass is 10.1. The lowest BCUT2D eigenvalue weighted by Crippen LogP contribution is -2.14. The van der Waals surface area contributed by atoms with Crippen LogP contribution in [0.4, 0.5) is 11.4 Å². The molecule has 0 saturated heterocycles. The molecule has 0 aliphatic rings. The van der Waals surface area contributed by atoms with Gasteiger partial charge < -0.3 is 14.2 Å². The number of para-hydroxylation sites is 1. The van der Waals surface area contributed by atoms with Crippen molar-refractivity contribution in [3.8, 4) is 17.6 Å². The molecule has 0 aliphatic carbocycles. The first kappa shape index (κ1) is 25.2. The number of ether oxygens (including phenoxy) is 1. The Bertz CT molecular complexity index is 1470. The van der Waals surface area contributed by atoms with E-state index < -0.39 is 26.5 Å². The molecule has 0 unspecified atom stereocenters. The second-order valence-electron chi connectivity index (χ2n) is 6.77. The number of nitrogens with zero attached hydrogens (tertiary/aromatic N) is 2. The molecule has 0 fully saturated rings. The molecule has 0 aliphatic heterocycles. The summed E-state index contributed by atoms with van der Waals surface area (Å²) in [4.78, 5) is 23.0. The highest BCUT2D eigenvalue weighted by Gasteiger charge is 2.22. The third kappa shape index (κ3) is 5.94. The fourth-order valence-electron chi connectivity index (χ4n) is 2.86. The molecule has 0 bridgehead atoms. The highest BCUT2D eigenvalue weighted by atomic mass is 35.5. The van der Waals surface area contributed by atoms with Crippen molar-refractivity contribution in [3.63, 3.8) is 0 Å². The van der Waals surface area contributed by atoms with Gasteiger partial charge >= 0.3 is 10.1 Å². The van der Waals surface area contributed by atoms with Gasteiger partial charge in [0.2, 0.25) is 0 Å². The van der Waals surface area contributed by atoms with Gasteiger partial charge in [0.25, 0.3) is 11.6 Å². The van der Waals surface area contributed by atoms with Gasteiger partial charge in [-0.25, -0.2) is 0 Å². The van der Waals surface area contributed by atoms with Gasteiger partial charge in [-0.2, -0.15) is 13.7 Å². The standard InChI is InChI=1S/C23H16ClN3O7S/c1-33-21-9-5-6-15(22(21)34-35(31,32)18-7-3-2-4-8-18)12-16(14-25)23(28)26-20-13-17(27(29)30)10-11-19(20)24/h2-13H,1H3,(H,26,28)/b16-12+. The van der Waals surface area contributed by atoms with Crippen LogP contribution in [0, 0.1) is 21.4 Å². The van der Waals surface area contributed by atoms with Crippen LogP contribution in [0.3, 0.4) is 0 Å². The quantitative estimate of drug-likeness (QED) is 0.151. The van der Waals surface area contributed by atoms with Crippen molar-refractivity contribution in [1.29, 1.82) is 5.26 Å². The number of benzene rings is 3. The molecule has 0 heterocycles. The van der Waals surface area contributed by atoms with E-state index in [2.05, 4.69) is 5.32 Å². The molecular formula is C23H16ClN3O7S. The average Bonchev–Trinajstić information content (AvgIpc) is 2.84. The molecule has 3 rings (SSSR count). The highest BCUT2D eigenvalue weighted by molar-refractivity contribution is 7.87. The largest absolute Gasteiger partial charge is 0.493 e. The van der Waals surface area contributed by atoms with Crippen molar-refractivity contribution in [2.24, 2.45) is 0 Å². The number of amides is 1. The van der Waals surface area contributed by atoms with Crippen molar-refractivity contribution in [1.82, 2.24) is 0 Å². The molecule has 1 N–H and O–H groups in total. The van der Waals surface area contributed by atoms with E-state index in [-0.39, 0.29) is 38.4 Å². The zero-order chi connectivity index (χ0) is 25.6. The van der Waals surface area contributed by atoms with E-state index >= 15 is 0 Å². The maximum atomic E-state index is 12.8. The van der Waals surface area contributed by atoms with Crippen molar-refractivity contribution in [2.75, 3.05) is 12.4 Å². The van der Waals surface area contributed by atoms with Crippen LogP contribution in [0.15, 0.2) is 77.2 Å². The predicted octanol–water partition coefficient (Wildman–Crippen LogP) is 4.57. The van der Waals surface area contributed by atoms with E-state index in [1.807, 2.05) is 0 Å². The van der Waals surface area contributed by atoms with Crippen LogP contribution in [0.25, 0.3) is 6.08 Å². The number of methoxy groups -OCH3 is 1. The van der Waals surface area contributed by atoms with Gasteiger partial charge in [0, 0.05) is 17.7 Å². The number of nitrogens with one attached hydrogen (secondary N) is 1. The summed E-state index contributed by atoms with van der Waals surface area (Å²) in [6.45, 7) is 0. The molecule has 35 heavy (non-hydrogen) atoms. The number of nitro benzene ring substituents is 1. The first-order valence-corrected chi connectivity index (χ1v) is 11.5. The third-order valence-corrected chi connectivity index (χ3v) is 6.09. The summed E-state index contributed by atoms with van der Waals surface area (Å²) in [5.74, 6) is -1.14. The van der Waals surface area contributed by atoms with Crippen LogP contribution in [-0.2, 0) is 14.9 Å².